The zero-order valence-electron chi connectivity index (χ0n) is 9.42. The van der Waals surface area contributed by atoms with E-state index in [2.05, 4.69) is 28.6 Å². The Labute approximate surface area is 94.8 Å². The topological polar surface area (TPSA) is 37.0 Å². The molecule has 3 nitrogen and oxygen atoms in total. The molecule has 0 saturated carbocycles. The fourth-order valence-corrected chi connectivity index (χ4v) is 2.51. The molecule has 0 amide bonds. The van der Waals surface area contributed by atoms with Crippen molar-refractivity contribution in [1.29, 1.82) is 0 Å². The molecule has 1 aliphatic rings. The number of aromatic amines is 1. The van der Waals surface area contributed by atoms with Crippen LogP contribution in [-0.4, -0.2) is 25.2 Å². The van der Waals surface area contributed by atoms with E-state index in [9.17, 15) is 0 Å². The highest BCUT2D eigenvalue weighted by molar-refractivity contribution is 5.85. The Balaban J connectivity index is 2.06. The van der Waals surface area contributed by atoms with Gasteiger partial charge in [-0.25, -0.2) is 0 Å². The smallest absolute Gasteiger partial charge is 0.120 e. The summed E-state index contributed by atoms with van der Waals surface area (Å²) in [6, 6.07) is 6.24. The third kappa shape index (κ3) is 1.48. The largest absolute Gasteiger partial charge is 0.497 e. The molecule has 3 heteroatoms. The van der Waals surface area contributed by atoms with Crippen LogP contribution < -0.4 is 10.1 Å². The van der Waals surface area contributed by atoms with Crippen molar-refractivity contribution in [2.45, 2.75) is 12.3 Å². The number of methoxy groups -OCH3 is 1. The van der Waals surface area contributed by atoms with E-state index in [0.29, 0.717) is 5.92 Å². The first kappa shape index (κ1) is 9.73. The van der Waals surface area contributed by atoms with Crippen LogP contribution in [0.5, 0.6) is 5.75 Å². The Morgan fingerprint density at radius 2 is 2.31 bits per heavy atom. The first-order chi connectivity index (χ1) is 7.88. The minimum atomic E-state index is 0.655. The quantitative estimate of drug-likeness (QED) is 0.808. The molecule has 1 unspecified atom stereocenters. The number of ether oxygens (including phenoxy) is 1. The number of benzene rings is 1. The van der Waals surface area contributed by atoms with E-state index in [4.69, 9.17) is 4.74 Å². The molecule has 1 aromatic heterocycles. The molecule has 0 spiro atoms. The molecule has 1 fully saturated rings. The molecule has 1 aromatic carbocycles. The molecule has 3 rings (SSSR count). The lowest BCUT2D eigenvalue weighted by atomic mass is 9.98. The monoisotopic (exact) mass is 216 g/mol. The van der Waals surface area contributed by atoms with Crippen molar-refractivity contribution < 1.29 is 4.74 Å². The number of hydrogen-bond acceptors (Lipinski definition) is 2. The van der Waals surface area contributed by atoms with Gasteiger partial charge in [0.05, 0.1) is 7.11 Å². The van der Waals surface area contributed by atoms with Crippen molar-refractivity contribution >= 4 is 10.9 Å². The standard InChI is InChI=1S/C13H16N2O/c1-16-10-2-3-11-12(8-15-13(11)6-10)9-4-5-14-7-9/h2-3,6,8-9,14-15H,4-5,7H2,1H3. The van der Waals surface area contributed by atoms with Gasteiger partial charge in [-0.05, 0) is 36.6 Å². The zero-order chi connectivity index (χ0) is 11.0. The van der Waals surface area contributed by atoms with Gasteiger partial charge in [0.15, 0.2) is 0 Å². The molecule has 1 aliphatic heterocycles. The highest BCUT2D eigenvalue weighted by Gasteiger charge is 2.19. The van der Waals surface area contributed by atoms with E-state index >= 15 is 0 Å². The third-order valence-electron chi connectivity index (χ3n) is 3.42. The Kier molecular flexibility index (Phi) is 2.33. The summed E-state index contributed by atoms with van der Waals surface area (Å²) in [5.74, 6) is 1.56. The maximum atomic E-state index is 5.22. The lowest BCUT2D eigenvalue weighted by molar-refractivity contribution is 0.415. The number of fused-ring (bicyclic) bond motifs is 1. The van der Waals surface area contributed by atoms with Gasteiger partial charge in [-0.2, -0.15) is 0 Å². The van der Waals surface area contributed by atoms with E-state index in [1.807, 2.05) is 6.07 Å². The van der Waals surface area contributed by atoms with E-state index < -0.39 is 0 Å². The second-order valence-electron chi connectivity index (χ2n) is 4.35. The maximum absolute atomic E-state index is 5.22. The van der Waals surface area contributed by atoms with Gasteiger partial charge in [0.2, 0.25) is 0 Å². The summed E-state index contributed by atoms with van der Waals surface area (Å²) in [4.78, 5) is 3.33. The maximum Gasteiger partial charge on any atom is 0.120 e. The van der Waals surface area contributed by atoms with Crippen molar-refractivity contribution in [3.05, 3.63) is 30.0 Å². The summed E-state index contributed by atoms with van der Waals surface area (Å²) in [5, 5.41) is 4.74. The van der Waals surface area contributed by atoms with Crippen LogP contribution in [0.4, 0.5) is 0 Å². The Hall–Kier alpha value is -1.48. The van der Waals surface area contributed by atoms with Crippen LogP contribution in [0.15, 0.2) is 24.4 Å². The highest BCUT2D eigenvalue weighted by atomic mass is 16.5. The van der Waals surface area contributed by atoms with Crippen LogP contribution in [0, 0.1) is 0 Å². The Morgan fingerprint density at radius 3 is 3.06 bits per heavy atom. The lowest BCUT2D eigenvalue weighted by Gasteiger charge is -2.06. The number of hydrogen-bond donors (Lipinski definition) is 2. The molecule has 1 saturated heterocycles. The molecular weight excluding hydrogens is 200 g/mol. The van der Waals surface area contributed by atoms with Crippen molar-refractivity contribution in [2.75, 3.05) is 20.2 Å². The molecular formula is C13H16N2O. The van der Waals surface area contributed by atoms with Gasteiger partial charge in [-0.1, -0.05) is 0 Å². The van der Waals surface area contributed by atoms with Crippen molar-refractivity contribution in [3.8, 4) is 5.75 Å². The van der Waals surface area contributed by atoms with Crippen LogP contribution in [0.2, 0.25) is 0 Å². The molecule has 16 heavy (non-hydrogen) atoms. The van der Waals surface area contributed by atoms with Crippen LogP contribution in [0.3, 0.4) is 0 Å². The molecule has 84 valence electrons. The summed E-state index contributed by atoms with van der Waals surface area (Å²) in [7, 11) is 1.70. The number of H-pyrrole nitrogens is 1. The second-order valence-corrected chi connectivity index (χ2v) is 4.35. The van der Waals surface area contributed by atoms with Gasteiger partial charge < -0.3 is 15.0 Å². The molecule has 0 aliphatic carbocycles. The van der Waals surface area contributed by atoms with E-state index in [0.717, 1.165) is 18.8 Å². The average molecular weight is 216 g/mol. The SMILES string of the molecule is COc1ccc2c(C3CCNC3)c[nH]c2c1. The molecule has 2 aromatic rings. The minimum absolute atomic E-state index is 0.655. The minimum Gasteiger partial charge on any atom is -0.497 e. The third-order valence-corrected chi connectivity index (χ3v) is 3.42. The average Bonchev–Trinajstić information content (AvgIpc) is 2.96. The summed E-state index contributed by atoms with van der Waals surface area (Å²) < 4.78 is 5.22. The summed E-state index contributed by atoms with van der Waals surface area (Å²) in [5.41, 5.74) is 2.60. The predicted octanol–water partition coefficient (Wildman–Crippen LogP) is 2.25. The summed E-state index contributed by atoms with van der Waals surface area (Å²) in [6.45, 7) is 2.23. The van der Waals surface area contributed by atoms with Gasteiger partial charge in [0, 0.05) is 29.7 Å². The first-order valence-corrected chi connectivity index (χ1v) is 5.74. The van der Waals surface area contributed by atoms with Crippen LogP contribution in [0.25, 0.3) is 10.9 Å². The van der Waals surface area contributed by atoms with Gasteiger partial charge in [0.25, 0.3) is 0 Å². The van der Waals surface area contributed by atoms with Crippen LogP contribution >= 0.6 is 0 Å². The Bertz CT molecular complexity index is 498. The molecule has 0 radical (unpaired) electrons. The van der Waals surface area contributed by atoms with Crippen molar-refractivity contribution in [1.82, 2.24) is 10.3 Å². The van der Waals surface area contributed by atoms with E-state index in [1.165, 1.54) is 22.9 Å². The molecule has 2 N–H and O–H groups in total. The molecule has 1 atom stereocenters. The number of aromatic nitrogens is 1. The van der Waals surface area contributed by atoms with Crippen LogP contribution in [0.1, 0.15) is 17.9 Å². The summed E-state index contributed by atoms with van der Waals surface area (Å²) in [6.07, 6.45) is 3.38. The normalized spacial score (nSPS) is 20.4. The number of rotatable bonds is 2. The van der Waals surface area contributed by atoms with Crippen molar-refractivity contribution in [2.24, 2.45) is 0 Å². The first-order valence-electron chi connectivity index (χ1n) is 5.74. The summed E-state index contributed by atoms with van der Waals surface area (Å²) >= 11 is 0. The van der Waals surface area contributed by atoms with Crippen LogP contribution in [-0.2, 0) is 0 Å². The van der Waals surface area contributed by atoms with Gasteiger partial charge in [-0.3, -0.25) is 0 Å². The van der Waals surface area contributed by atoms with Gasteiger partial charge in [0.1, 0.15) is 5.75 Å². The second kappa shape index (κ2) is 3.83. The van der Waals surface area contributed by atoms with E-state index in [-0.39, 0.29) is 0 Å². The van der Waals surface area contributed by atoms with Gasteiger partial charge in [-0.15, -0.1) is 0 Å². The molecule has 2 heterocycles. The zero-order valence-corrected chi connectivity index (χ0v) is 9.42. The van der Waals surface area contributed by atoms with Gasteiger partial charge >= 0.3 is 0 Å². The Morgan fingerprint density at radius 1 is 1.38 bits per heavy atom. The highest BCUT2D eigenvalue weighted by Crippen LogP contribution is 2.31. The fraction of sp³-hybridized carbons (Fsp3) is 0.385. The molecule has 0 bridgehead atoms. The number of nitrogens with one attached hydrogen (secondary N) is 2. The lowest BCUT2D eigenvalue weighted by Crippen LogP contribution is -2.07. The predicted molar refractivity (Wildman–Crippen MR) is 65.1 cm³/mol. The fourth-order valence-electron chi connectivity index (χ4n) is 2.51. The van der Waals surface area contributed by atoms with Crippen molar-refractivity contribution in [3.63, 3.8) is 0 Å². The van der Waals surface area contributed by atoms with E-state index in [1.54, 1.807) is 7.11 Å².